The monoisotopic (exact) mass is 165 g/mol. The van der Waals surface area contributed by atoms with E-state index < -0.39 is 0 Å². The van der Waals surface area contributed by atoms with Gasteiger partial charge in [-0.2, -0.15) is 0 Å². The van der Waals surface area contributed by atoms with Crippen LogP contribution in [0.5, 0.6) is 0 Å². The number of hydrogen-bond donors (Lipinski definition) is 2. The molecule has 1 aliphatic rings. The highest BCUT2D eigenvalue weighted by molar-refractivity contribution is 5.85. The molecule has 0 saturated carbocycles. The molecule has 1 saturated heterocycles. The van der Waals surface area contributed by atoms with Crippen molar-refractivity contribution in [2.24, 2.45) is 5.92 Å². The Morgan fingerprint density at radius 2 is 2.20 bits per heavy atom. The molecular formula is C7H16ClNO. The Bertz CT molecular complexity index is 81.7. The number of nitrogens with one attached hydrogen (secondary N) is 1. The Hall–Kier alpha value is 0.210. The Labute approximate surface area is 68.4 Å². The predicted octanol–water partition coefficient (Wildman–Crippen LogP) is 0.789. The molecule has 3 heteroatoms. The second-order valence-corrected chi connectivity index (χ2v) is 2.97. The highest BCUT2D eigenvalue weighted by Gasteiger charge is 2.15. The van der Waals surface area contributed by atoms with Gasteiger partial charge in [-0.1, -0.05) is 6.92 Å². The highest BCUT2D eigenvalue weighted by atomic mass is 35.5. The molecule has 0 spiro atoms. The molecule has 0 unspecified atom stereocenters. The summed E-state index contributed by atoms with van der Waals surface area (Å²) in [5.74, 6) is 0.799. The molecule has 62 valence electrons. The Morgan fingerprint density at radius 1 is 1.50 bits per heavy atom. The van der Waals surface area contributed by atoms with Gasteiger partial charge in [0.2, 0.25) is 0 Å². The molecule has 0 aromatic heterocycles. The molecular weight excluding hydrogens is 150 g/mol. The largest absolute Gasteiger partial charge is 0.395 e. The third-order valence-corrected chi connectivity index (χ3v) is 1.98. The standard InChI is InChI=1S/C7H15NO.ClH/c1-6-2-3-7(5-9)8-4-6;/h6-9H,2-5H2,1H3;1H/t6-,7+;/m0./s1. The molecule has 0 aliphatic carbocycles. The molecule has 2 atom stereocenters. The van der Waals surface area contributed by atoms with Crippen molar-refractivity contribution in [3.63, 3.8) is 0 Å². The highest BCUT2D eigenvalue weighted by Crippen LogP contribution is 2.12. The summed E-state index contributed by atoms with van der Waals surface area (Å²) in [4.78, 5) is 0. The maximum atomic E-state index is 8.71. The first-order valence-electron chi connectivity index (χ1n) is 3.67. The molecule has 2 nitrogen and oxygen atoms in total. The molecule has 0 bridgehead atoms. The van der Waals surface area contributed by atoms with Gasteiger partial charge < -0.3 is 10.4 Å². The van der Waals surface area contributed by atoms with E-state index in [1.54, 1.807) is 0 Å². The lowest BCUT2D eigenvalue weighted by Crippen LogP contribution is -2.40. The summed E-state index contributed by atoms with van der Waals surface area (Å²) >= 11 is 0. The first-order chi connectivity index (χ1) is 4.33. The first-order valence-corrected chi connectivity index (χ1v) is 3.67. The first kappa shape index (κ1) is 10.2. The quantitative estimate of drug-likeness (QED) is 0.602. The van der Waals surface area contributed by atoms with Gasteiger partial charge in [0.25, 0.3) is 0 Å². The molecule has 1 rings (SSSR count). The number of aliphatic hydroxyl groups excluding tert-OH is 1. The van der Waals surface area contributed by atoms with Gasteiger partial charge in [0.05, 0.1) is 6.61 Å². The van der Waals surface area contributed by atoms with E-state index in [9.17, 15) is 0 Å². The average Bonchev–Trinajstić information content (AvgIpc) is 1.90. The average molecular weight is 166 g/mol. The van der Waals surface area contributed by atoms with Crippen molar-refractivity contribution in [1.29, 1.82) is 0 Å². The minimum absolute atomic E-state index is 0. The molecule has 1 heterocycles. The number of aliphatic hydroxyl groups is 1. The Kier molecular flexibility index (Phi) is 5.04. The second-order valence-electron chi connectivity index (χ2n) is 2.97. The van der Waals surface area contributed by atoms with E-state index in [1.807, 2.05) is 0 Å². The maximum Gasteiger partial charge on any atom is 0.0584 e. The molecule has 0 aromatic rings. The van der Waals surface area contributed by atoms with Crippen LogP contribution in [0.3, 0.4) is 0 Å². The maximum absolute atomic E-state index is 8.71. The van der Waals surface area contributed by atoms with Gasteiger partial charge in [-0.15, -0.1) is 12.4 Å². The van der Waals surface area contributed by atoms with Gasteiger partial charge in [0.15, 0.2) is 0 Å². The zero-order valence-electron chi connectivity index (χ0n) is 6.34. The van der Waals surface area contributed by atoms with Crippen LogP contribution in [0.1, 0.15) is 19.8 Å². The van der Waals surface area contributed by atoms with E-state index in [4.69, 9.17) is 5.11 Å². The molecule has 1 fully saturated rings. The summed E-state index contributed by atoms with van der Waals surface area (Å²) < 4.78 is 0. The molecule has 0 amide bonds. The zero-order valence-corrected chi connectivity index (χ0v) is 7.16. The van der Waals surface area contributed by atoms with E-state index in [0.717, 1.165) is 18.9 Å². The van der Waals surface area contributed by atoms with Crippen molar-refractivity contribution in [1.82, 2.24) is 5.32 Å². The molecule has 0 radical (unpaired) electrons. The SMILES string of the molecule is C[C@H]1CC[C@H](CO)NC1.Cl. The van der Waals surface area contributed by atoms with Crippen molar-refractivity contribution in [2.75, 3.05) is 13.2 Å². The molecule has 2 N–H and O–H groups in total. The fourth-order valence-corrected chi connectivity index (χ4v) is 1.21. The smallest absolute Gasteiger partial charge is 0.0584 e. The minimum atomic E-state index is 0. The van der Waals surface area contributed by atoms with Crippen molar-refractivity contribution >= 4 is 12.4 Å². The predicted molar refractivity (Wildman–Crippen MR) is 44.5 cm³/mol. The van der Waals surface area contributed by atoms with Crippen molar-refractivity contribution < 1.29 is 5.11 Å². The van der Waals surface area contributed by atoms with Crippen LogP contribution in [-0.4, -0.2) is 24.3 Å². The normalized spacial score (nSPS) is 33.0. The van der Waals surface area contributed by atoms with Crippen LogP contribution < -0.4 is 5.32 Å². The van der Waals surface area contributed by atoms with Crippen LogP contribution in [0.15, 0.2) is 0 Å². The lowest BCUT2D eigenvalue weighted by atomic mass is 9.97. The molecule has 10 heavy (non-hydrogen) atoms. The fourth-order valence-electron chi connectivity index (χ4n) is 1.21. The van der Waals surface area contributed by atoms with Crippen LogP contribution in [0.4, 0.5) is 0 Å². The van der Waals surface area contributed by atoms with Crippen LogP contribution in [0.2, 0.25) is 0 Å². The molecule has 0 aromatic carbocycles. The van der Waals surface area contributed by atoms with Crippen molar-refractivity contribution in [3.05, 3.63) is 0 Å². The van der Waals surface area contributed by atoms with Crippen LogP contribution >= 0.6 is 12.4 Å². The van der Waals surface area contributed by atoms with Crippen LogP contribution in [-0.2, 0) is 0 Å². The topological polar surface area (TPSA) is 32.3 Å². The van der Waals surface area contributed by atoms with E-state index in [2.05, 4.69) is 12.2 Å². The number of hydrogen-bond acceptors (Lipinski definition) is 2. The van der Waals surface area contributed by atoms with Gasteiger partial charge >= 0.3 is 0 Å². The van der Waals surface area contributed by atoms with E-state index in [0.29, 0.717) is 12.6 Å². The van der Waals surface area contributed by atoms with E-state index >= 15 is 0 Å². The van der Waals surface area contributed by atoms with Crippen LogP contribution in [0.25, 0.3) is 0 Å². The van der Waals surface area contributed by atoms with E-state index in [1.165, 1.54) is 6.42 Å². The fraction of sp³-hybridized carbons (Fsp3) is 1.00. The summed E-state index contributed by atoms with van der Waals surface area (Å²) in [6.07, 6.45) is 2.40. The van der Waals surface area contributed by atoms with Gasteiger partial charge in [-0.25, -0.2) is 0 Å². The van der Waals surface area contributed by atoms with Crippen LogP contribution in [0, 0.1) is 5.92 Å². The number of piperidine rings is 1. The van der Waals surface area contributed by atoms with E-state index in [-0.39, 0.29) is 12.4 Å². The van der Waals surface area contributed by atoms with Crippen molar-refractivity contribution in [3.8, 4) is 0 Å². The third kappa shape index (κ3) is 2.86. The van der Waals surface area contributed by atoms with Gasteiger partial charge in [0, 0.05) is 6.04 Å². The van der Waals surface area contributed by atoms with Crippen molar-refractivity contribution in [2.45, 2.75) is 25.8 Å². The van der Waals surface area contributed by atoms with Gasteiger partial charge in [0.1, 0.15) is 0 Å². The lowest BCUT2D eigenvalue weighted by Gasteiger charge is -2.25. The minimum Gasteiger partial charge on any atom is -0.395 e. The zero-order chi connectivity index (χ0) is 6.69. The number of rotatable bonds is 1. The summed E-state index contributed by atoms with van der Waals surface area (Å²) in [5.41, 5.74) is 0. The Morgan fingerprint density at radius 3 is 2.60 bits per heavy atom. The second kappa shape index (κ2) is 4.94. The summed E-state index contributed by atoms with van der Waals surface area (Å²) in [7, 11) is 0. The summed E-state index contributed by atoms with van der Waals surface area (Å²) in [6.45, 7) is 3.61. The summed E-state index contributed by atoms with van der Waals surface area (Å²) in [6, 6.07) is 0.376. The Balaban J connectivity index is 0.000000810. The molecule has 1 aliphatic heterocycles. The number of halogens is 1. The van der Waals surface area contributed by atoms with Gasteiger partial charge in [-0.05, 0) is 25.3 Å². The lowest BCUT2D eigenvalue weighted by molar-refractivity contribution is 0.203. The third-order valence-electron chi connectivity index (χ3n) is 1.98. The summed E-state index contributed by atoms with van der Waals surface area (Å²) in [5, 5.41) is 12.0. The van der Waals surface area contributed by atoms with Gasteiger partial charge in [-0.3, -0.25) is 0 Å².